The minimum Gasteiger partial charge on any atom is -0.455 e. The molecule has 0 unspecified atom stereocenters. The van der Waals surface area contributed by atoms with Gasteiger partial charge in [0, 0.05) is 5.56 Å². The molecule has 98 valence electrons. The molecule has 2 nitrogen and oxygen atoms in total. The van der Waals surface area contributed by atoms with Crippen molar-refractivity contribution in [1.29, 1.82) is 0 Å². The molecule has 0 bridgehead atoms. The SMILES string of the molecule is Fc1cccc(-c2ccc(C=Nc3ccccc3)o2)c1. The van der Waals surface area contributed by atoms with Crippen LogP contribution in [-0.4, -0.2) is 6.21 Å². The zero-order chi connectivity index (χ0) is 13.8. The molecule has 0 atom stereocenters. The van der Waals surface area contributed by atoms with Crippen molar-refractivity contribution < 1.29 is 8.81 Å². The van der Waals surface area contributed by atoms with Gasteiger partial charge in [0.1, 0.15) is 17.3 Å². The van der Waals surface area contributed by atoms with Gasteiger partial charge in [0.25, 0.3) is 0 Å². The third-order valence-electron chi connectivity index (χ3n) is 2.83. The standard InChI is InChI=1S/C17H12FNO/c18-14-6-4-5-13(11-14)17-10-9-16(20-17)12-19-15-7-2-1-3-8-15/h1-12H. The smallest absolute Gasteiger partial charge is 0.145 e. The van der Waals surface area contributed by atoms with Gasteiger partial charge < -0.3 is 4.42 Å². The average Bonchev–Trinajstić information content (AvgIpc) is 2.95. The molecule has 3 rings (SSSR count). The minimum atomic E-state index is -0.279. The molecule has 1 aromatic heterocycles. The molecule has 0 aliphatic carbocycles. The zero-order valence-electron chi connectivity index (χ0n) is 10.7. The van der Waals surface area contributed by atoms with Crippen LogP contribution in [0.5, 0.6) is 0 Å². The second kappa shape index (κ2) is 5.53. The van der Waals surface area contributed by atoms with E-state index in [1.165, 1.54) is 12.1 Å². The number of furan rings is 1. The van der Waals surface area contributed by atoms with Crippen molar-refractivity contribution in [2.75, 3.05) is 0 Å². The summed E-state index contributed by atoms with van der Waals surface area (Å²) in [5.74, 6) is 0.977. The first-order chi connectivity index (χ1) is 9.81. The zero-order valence-corrected chi connectivity index (χ0v) is 10.7. The molecule has 0 spiro atoms. The molecular weight excluding hydrogens is 253 g/mol. The van der Waals surface area contributed by atoms with Gasteiger partial charge in [0.2, 0.25) is 0 Å². The highest BCUT2D eigenvalue weighted by Crippen LogP contribution is 2.22. The fourth-order valence-electron chi connectivity index (χ4n) is 1.87. The van der Waals surface area contributed by atoms with Crippen molar-refractivity contribution >= 4 is 11.9 Å². The van der Waals surface area contributed by atoms with E-state index in [0.717, 1.165) is 5.69 Å². The number of hydrogen-bond acceptors (Lipinski definition) is 2. The van der Waals surface area contributed by atoms with Crippen LogP contribution in [0.1, 0.15) is 5.76 Å². The molecule has 0 radical (unpaired) electrons. The van der Waals surface area contributed by atoms with E-state index in [1.54, 1.807) is 24.4 Å². The topological polar surface area (TPSA) is 25.5 Å². The van der Waals surface area contributed by atoms with E-state index in [2.05, 4.69) is 4.99 Å². The van der Waals surface area contributed by atoms with Gasteiger partial charge in [0.05, 0.1) is 11.9 Å². The van der Waals surface area contributed by atoms with E-state index in [4.69, 9.17) is 4.42 Å². The fraction of sp³-hybridized carbons (Fsp3) is 0. The fourth-order valence-corrected chi connectivity index (χ4v) is 1.87. The Morgan fingerprint density at radius 2 is 1.75 bits per heavy atom. The molecule has 2 aromatic carbocycles. The second-order valence-electron chi connectivity index (χ2n) is 4.31. The van der Waals surface area contributed by atoms with Gasteiger partial charge in [-0.2, -0.15) is 0 Å². The van der Waals surface area contributed by atoms with Gasteiger partial charge >= 0.3 is 0 Å². The molecule has 20 heavy (non-hydrogen) atoms. The minimum absolute atomic E-state index is 0.279. The van der Waals surface area contributed by atoms with Gasteiger partial charge in [-0.1, -0.05) is 30.3 Å². The molecule has 3 heteroatoms. The summed E-state index contributed by atoms with van der Waals surface area (Å²) in [6, 6.07) is 19.5. The Hall–Kier alpha value is -2.68. The summed E-state index contributed by atoms with van der Waals surface area (Å²) in [5.41, 5.74) is 1.57. The Kier molecular flexibility index (Phi) is 3.42. The summed E-state index contributed by atoms with van der Waals surface area (Å²) < 4.78 is 18.8. The Labute approximate surface area is 116 Å². The number of aliphatic imine (C=N–C) groups is 1. The highest BCUT2D eigenvalue weighted by Gasteiger charge is 2.04. The van der Waals surface area contributed by atoms with E-state index in [1.807, 2.05) is 36.4 Å². The van der Waals surface area contributed by atoms with Crippen LogP contribution < -0.4 is 0 Å². The van der Waals surface area contributed by atoms with Crippen molar-refractivity contribution in [2.45, 2.75) is 0 Å². The van der Waals surface area contributed by atoms with Crippen LogP contribution >= 0.6 is 0 Å². The van der Waals surface area contributed by atoms with Crippen molar-refractivity contribution in [3.8, 4) is 11.3 Å². The van der Waals surface area contributed by atoms with Crippen LogP contribution in [0.15, 0.2) is 76.1 Å². The lowest BCUT2D eigenvalue weighted by Crippen LogP contribution is -1.77. The first-order valence-corrected chi connectivity index (χ1v) is 6.26. The van der Waals surface area contributed by atoms with E-state index in [-0.39, 0.29) is 5.82 Å². The number of benzene rings is 2. The summed E-state index contributed by atoms with van der Waals surface area (Å²) in [5, 5.41) is 0. The predicted octanol–water partition coefficient (Wildman–Crippen LogP) is 4.84. The molecule has 1 heterocycles. The molecule has 3 aromatic rings. The third kappa shape index (κ3) is 2.83. The molecule has 0 amide bonds. The van der Waals surface area contributed by atoms with Gasteiger partial charge in [-0.15, -0.1) is 0 Å². The highest BCUT2D eigenvalue weighted by atomic mass is 19.1. The lowest BCUT2D eigenvalue weighted by atomic mass is 10.2. The summed E-state index contributed by atoms with van der Waals surface area (Å²) in [6.07, 6.45) is 1.65. The summed E-state index contributed by atoms with van der Waals surface area (Å²) in [4.78, 5) is 4.31. The summed E-state index contributed by atoms with van der Waals surface area (Å²) in [6.45, 7) is 0. The normalized spacial score (nSPS) is 11.1. The van der Waals surface area contributed by atoms with E-state index in [9.17, 15) is 4.39 Å². The van der Waals surface area contributed by atoms with Crippen LogP contribution in [0.3, 0.4) is 0 Å². The third-order valence-corrected chi connectivity index (χ3v) is 2.83. The van der Waals surface area contributed by atoms with E-state index < -0.39 is 0 Å². The monoisotopic (exact) mass is 265 g/mol. The van der Waals surface area contributed by atoms with Crippen molar-refractivity contribution in [2.24, 2.45) is 4.99 Å². The Bertz CT molecular complexity index is 732. The number of para-hydroxylation sites is 1. The second-order valence-corrected chi connectivity index (χ2v) is 4.31. The molecule has 0 saturated heterocycles. The molecule has 0 aliphatic rings. The maximum Gasteiger partial charge on any atom is 0.145 e. The van der Waals surface area contributed by atoms with Gasteiger partial charge in [-0.25, -0.2) is 4.39 Å². The summed E-state index contributed by atoms with van der Waals surface area (Å²) >= 11 is 0. The molecule has 0 aliphatic heterocycles. The molecule has 0 N–H and O–H groups in total. The quantitative estimate of drug-likeness (QED) is 0.622. The molecule has 0 saturated carbocycles. The first-order valence-electron chi connectivity index (χ1n) is 6.26. The van der Waals surface area contributed by atoms with Gasteiger partial charge in [-0.3, -0.25) is 4.99 Å². The number of hydrogen-bond donors (Lipinski definition) is 0. The van der Waals surface area contributed by atoms with Gasteiger partial charge in [-0.05, 0) is 36.4 Å². The average molecular weight is 265 g/mol. The maximum absolute atomic E-state index is 13.2. The highest BCUT2D eigenvalue weighted by molar-refractivity contribution is 5.79. The van der Waals surface area contributed by atoms with Crippen LogP contribution in [0.2, 0.25) is 0 Å². The lowest BCUT2D eigenvalue weighted by Gasteiger charge is -1.96. The van der Waals surface area contributed by atoms with Crippen molar-refractivity contribution in [3.63, 3.8) is 0 Å². The lowest BCUT2D eigenvalue weighted by molar-refractivity contribution is 0.573. The van der Waals surface area contributed by atoms with E-state index in [0.29, 0.717) is 17.1 Å². The molecule has 0 fully saturated rings. The van der Waals surface area contributed by atoms with Crippen molar-refractivity contribution in [3.05, 3.63) is 78.3 Å². The number of nitrogens with zero attached hydrogens (tertiary/aromatic N) is 1. The predicted molar refractivity (Wildman–Crippen MR) is 77.8 cm³/mol. The Balaban J connectivity index is 1.82. The van der Waals surface area contributed by atoms with Crippen LogP contribution in [0, 0.1) is 5.82 Å². The van der Waals surface area contributed by atoms with Crippen LogP contribution in [0.4, 0.5) is 10.1 Å². The van der Waals surface area contributed by atoms with Crippen LogP contribution in [-0.2, 0) is 0 Å². The Morgan fingerprint density at radius 1 is 0.900 bits per heavy atom. The number of rotatable bonds is 3. The molecular formula is C17H12FNO. The van der Waals surface area contributed by atoms with Crippen LogP contribution in [0.25, 0.3) is 11.3 Å². The van der Waals surface area contributed by atoms with E-state index >= 15 is 0 Å². The van der Waals surface area contributed by atoms with Gasteiger partial charge in [0.15, 0.2) is 0 Å². The Morgan fingerprint density at radius 3 is 2.55 bits per heavy atom. The number of halogens is 1. The summed E-state index contributed by atoms with van der Waals surface area (Å²) in [7, 11) is 0. The first kappa shape index (κ1) is 12.4. The largest absolute Gasteiger partial charge is 0.455 e. The maximum atomic E-state index is 13.2. The van der Waals surface area contributed by atoms with Crippen molar-refractivity contribution in [1.82, 2.24) is 0 Å².